The third kappa shape index (κ3) is 12.1. The molecule has 1 saturated carbocycles. The second kappa shape index (κ2) is 24.0. The Morgan fingerprint density at radius 3 is 2.04 bits per heavy atom. The van der Waals surface area contributed by atoms with E-state index >= 15 is 0 Å². The van der Waals surface area contributed by atoms with Crippen LogP contribution in [0.25, 0.3) is 16.5 Å². The summed E-state index contributed by atoms with van der Waals surface area (Å²) in [5, 5.41) is 17.0. The van der Waals surface area contributed by atoms with E-state index in [4.69, 9.17) is 42.5 Å². The fourth-order valence-electron chi connectivity index (χ4n) is 12.3. The van der Waals surface area contributed by atoms with Crippen molar-refractivity contribution in [1.29, 1.82) is 0 Å². The molecule has 3 heterocycles. The fraction of sp³-hybridized carbons (Fsp3) is 0.318. The summed E-state index contributed by atoms with van der Waals surface area (Å²) in [6, 6.07) is 51.3. The minimum absolute atomic E-state index is 0.00824. The Bertz CT molecular complexity index is 3600. The molecular weight excluding hydrogens is 1090 g/mol. The van der Waals surface area contributed by atoms with Gasteiger partial charge in [-0.3, -0.25) is 9.69 Å². The Morgan fingerprint density at radius 2 is 1.41 bits per heavy atom. The number of aromatic nitrogens is 3. The van der Waals surface area contributed by atoms with Crippen molar-refractivity contribution >= 4 is 61.3 Å². The van der Waals surface area contributed by atoms with Gasteiger partial charge in [-0.25, -0.2) is 22.8 Å². The van der Waals surface area contributed by atoms with Crippen LogP contribution >= 0.6 is 23.2 Å². The molecule has 2 fully saturated rings. The van der Waals surface area contributed by atoms with Crippen molar-refractivity contribution in [3.8, 4) is 17.4 Å². The minimum atomic E-state index is -4.53. The van der Waals surface area contributed by atoms with Gasteiger partial charge in [-0.1, -0.05) is 145 Å². The highest BCUT2D eigenvalue weighted by Gasteiger charge is 2.41. The molecular formula is C66H68Cl2N6O7S. The first-order chi connectivity index (χ1) is 39.6. The van der Waals surface area contributed by atoms with Crippen molar-refractivity contribution in [2.75, 3.05) is 57.9 Å². The van der Waals surface area contributed by atoms with Gasteiger partial charge in [0.1, 0.15) is 27.0 Å². The maximum atomic E-state index is 14.6. The molecule has 0 bridgehead atoms. The van der Waals surface area contributed by atoms with E-state index in [0.717, 1.165) is 85.8 Å². The molecule has 1 aliphatic heterocycles. The van der Waals surface area contributed by atoms with Crippen molar-refractivity contribution in [2.45, 2.75) is 74.8 Å². The van der Waals surface area contributed by atoms with Gasteiger partial charge in [-0.2, -0.15) is 5.10 Å². The van der Waals surface area contributed by atoms with E-state index in [1.54, 1.807) is 19.4 Å². The van der Waals surface area contributed by atoms with Crippen molar-refractivity contribution in [2.24, 2.45) is 11.3 Å². The fourth-order valence-corrected chi connectivity index (χ4v) is 13.7. The summed E-state index contributed by atoms with van der Waals surface area (Å²) in [5.41, 5.74) is 6.96. The highest BCUT2D eigenvalue weighted by atomic mass is 35.5. The van der Waals surface area contributed by atoms with E-state index in [-0.39, 0.29) is 38.4 Å². The molecule has 82 heavy (non-hydrogen) atoms. The SMILES string of the molecule is COCC1(C)CCC(c2ccc(Cl)cc2)=C(CN2CCN(c3ccc(C(=O)NS(=O)(=O)c4cnc(OCC5CCC(C)(O)CC5)c(Cl)c4)c(Oc4cccc5c4cnn5C(c4ccccc4)(c4ccccc4)c4ccccc4)c3)CC2)C1. The summed E-state index contributed by atoms with van der Waals surface area (Å²) < 4.78 is 51.2. The molecule has 1 unspecified atom stereocenters. The van der Waals surface area contributed by atoms with Gasteiger partial charge in [0.2, 0.25) is 5.88 Å². The molecule has 2 aliphatic carbocycles. The first kappa shape index (κ1) is 56.8. The largest absolute Gasteiger partial charge is 0.476 e. The minimum Gasteiger partial charge on any atom is -0.476 e. The maximum Gasteiger partial charge on any atom is 0.268 e. The standard InChI is InChI=1S/C66H68Cl2N6O7S/c1-64(45-79-3)31-30-55(47-22-24-52(67)25-23-47)48(40-64)43-72-34-36-73(37-35-72)53-26-27-56(62(75)71-82(77,78)54-39-58(68)63(69-41-54)80-44-46-28-32-65(2,76)33-29-46)61(38-53)81-60-21-13-20-59-57(60)42-70-74(59)66(49-14-7-4-8-15-49,50-16-9-5-10-17-50)51-18-11-6-12-19-51/h4-27,38-39,41-42,46,76H,28-37,40,43-45H2,1-3H3,(H,71,75). The molecule has 3 aliphatic rings. The lowest BCUT2D eigenvalue weighted by Crippen LogP contribution is -2.47. The van der Waals surface area contributed by atoms with Gasteiger partial charge >= 0.3 is 0 Å². The average Bonchev–Trinajstić information content (AvgIpc) is 2.58. The van der Waals surface area contributed by atoms with Crippen LogP contribution in [0.1, 0.15) is 91.4 Å². The van der Waals surface area contributed by atoms with Crippen molar-refractivity contribution in [3.05, 3.63) is 214 Å². The second-order valence-electron chi connectivity index (χ2n) is 22.8. The molecule has 2 aromatic heterocycles. The van der Waals surface area contributed by atoms with Gasteiger partial charge < -0.3 is 24.2 Å². The summed E-state index contributed by atoms with van der Waals surface area (Å²) in [6.07, 6.45) is 8.73. The van der Waals surface area contributed by atoms with E-state index in [1.165, 1.54) is 22.8 Å². The van der Waals surface area contributed by atoms with Crippen molar-refractivity contribution in [3.63, 3.8) is 0 Å². The van der Waals surface area contributed by atoms with Crippen LogP contribution in [-0.2, 0) is 20.3 Å². The lowest BCUT2D eigenvalue weighted by Gasteiger charge is -2.40. The zero-order chi connectivity index (χ0) is 57.1. The van der Waals surface area contributed by atoms with Crippen LogP contribution in [0, 0.1) is 11.3 Å². The van der Waals surface area contributed by atoms with Gasteiger partial charge in [0, 0.05) is 56.6 Å². The van der Waals surface area contributed by atoms with Gasteiger partial charge in [0.15, 0.2) is 0 Å². The van der Waals surface area contributed by atoms with Crippen molar-refractivity contribution < 1.29 is 32.5 Å². The number of anilines is 1. The molecule has 1 amide bonds. The van der Waals surface area contributed by atoms with E-state index < -0.39 is 27.1 Å². The number of carbonyl (C=O) groups is 1. The number of methoxy groups -OCH3 is 1. The number of sulfonamides is 1. The first-order valence-corrected chi connectivity index (χ1v) is 30.3. The van der Waals surface area contributed by atoms with E-state index in [9.17, 15) is 18.3 Å². The first-order valence-electron chi connectivity index (χ1n) is 28.1. The van der Waals surface area contributed by atoms with Crippen LogP contribution in [0.15, 0.2) is 181 Å². The van der Waals surface area contributed by atoms with Gasteiger partial charge in [0.05, 0.1) is 47.7 Å². The predicted molar refractivity (Wildman–Crippen MR) is 324 cm³/mol. The highest BCUT2D eigenvalue weighted by Crippen LogP contribution is 2.46. The number of amides is 1. The third-order valence-electron chi connectivity index (χ3n) is 16.7. The number of halogens is 2. The van der Waals surface area contributed by atoms with Crippen LogP contribution in [0.5, 0.6) is 17.4 Å². The molecule has 1 atom stereocenters. The summed E-state index contributed by atoms with van der Waals surface area (Å²) in [7, 11) is -2.75. The quantitative estimate of drug-likeness (QED) is 0.0791. The number of hydrogen-bond acceptors (Lipinski definition) is 11. The summed E-state index contributed by atoms with van der Waals surface area (Å²) in [6.45, 7) is 8.94. The van der Waals surface area contributed by atoms with Crippen LogP contribution in [-0.4, -0.2) is 97.7 Å². The zero-order valence-electron chi connectivity index (χ0n) is 46.4. The predicted octanol–water partition coefficient (Wildman–Crippen LogP) is 13.2. The van der Waals surface area contributed by atoms with Gasteiger partial charge in [-0.15, -0.1) is 0 Å². The summed E-state index contributed by atoms with van der Waals surface area (Å²) in [5.74, 6) is -0.0714. The number of aliphatic hydroxyl groups is 1. The molecule has 13 nitrogen and oxygen atoms in total. The number of carbonyl (C=O) groups excluding carboxylic acids is 1. The number of hydrogen-bond donors (Lipinski definition) is 2. The molecule has 2 N–H and O–H groups in total. The number of fused-ring (bicyclic) bond motifs is 1. The number of rotatable bonds is 18. The van der Waals surface area contributed by atoms with Crippen LogP contribution in [0.2, 0.25) is 10.0 Å². The normalized spacial score (nSPS) is 20.0. The Morgan fingerprint density at radius 1 is 0.768 bits per heavy atom. The number of piperazine rings is 1. The molecule has 0 spiro atoms. The second-order valence-corrected chi connectivity index (χ2v) is 25.3. The molecule has 424 valence electrons. The van der Waals surface area contributed by atoms with Crippen LogP contribution in [0.3, 0.4) is 0 Å². The number of ether oxygens (including phenoxy) is 3. The van der Waals surface area contributed by atoms with Crippen molar-refractivity contribution in [1.82, 2.24) is 24.4 Å². The molecule has 8 aromatic rings. The maximum absolute atomic E-state index is 14.6. The van der Waals surface area contributed by atoms with E-state index in [0.29, 0.717) is 55.3 Å². The Hall–Kier alpha value is -7.04. The van der Waals surface area contributed by atoms with Crippen LogP contribution < -0.4 is 19.1 Å². The van der Waals surface area contributed by atoms with E-state index in [1.807, 2.05) is 109 Å². The summed E-state index contributed by atoms with van der Waals surface area (Å²) >= 11 is 12.9. The number of allylic oxidation sites excluding steroid dienone is 1. The molecule has 6 aromatic carbocycles. The zero-order valence-corrected chi connectivity index (χ0v) is 48.8. The van der Waals surface area contributed by atoms with Gasteiger partial charge in [-0.05, 0) is 133 Å². The smallest absolute Gasteiger partial charge is 0.268 e. The number of nitrogens with zero attached hydrogens (tertiary/aromatic N) is 5. The monoisotopic (exact) mass is 1160 g/mol. The Kier molecular flexibility index (Phi) is 16.7. The average molecular weight is 1160 g/mol. The summed E-state index contributed by atoms with van der Waals surface area (Å²) in [4.78, 5) is 23.3. The topological polar surface area (TPSA) is 148 Å². The lowest BCUT2D eigenvalue weighted by atomic mass is 9.72. The van der Waals surface area contributed by atoms with E-state index in [2.05, 4.69) is 75.0 Å². The lowest BCUT2D eigenvalue weighted by molar-refractivity contribution is 0.00127. The van der Waals surface area contributed by atoms with Crippen LogP contribution in [0.4, 0.5) is 5.69 Å². The number of nitrogens with one attached hydrogen (secondary N) is 1. The molecule has 16 heteroatoms. The molecule has 11 rings (SSSR count). The molecule has 1 saturated heterocycles. The van der Waals surface area contributed by atoms with Gasteiger partial charge in [0.25, 0.3) is 15.9 Å². The molecule has 0 radical (unpaired) electrons. The third-order valence-corrected chi connectivity index (χ3v) is 18.6. The Labute approximate surface area is 490 Å². The number of benzene rings is 6. The number of pyridine rings is 1. The Balaban J connectivity index is 0.912. The highest BCUT2D eigenvalue weighted by molar-refractivity contribution is 7.90.